The third-order valence-corrected chi connectivity index (χ3v) is 6.78. The zero-order valence-electron chi connectivity index (χ0n) is 20.7. The molecular weight excluding hydrogens is 463 g/mol. The van der Waals surface area contributed by atoms with Crippen LogP contribution < -0.4 is 5.32 Å². The van der Waals surface area contributed by atoms with Gasteiger partial charge in [0.25, 0.3) is 5.95 Å². The molecule has 1 saturated heterocycles. The molecule has 0 aliphatic carbocycles. The van der Waals surface area contributed by atoms with Crippen molar-refractivity contribution in [3.8, 4) is 5.75 Å². The number of ether oxygens (including phenoxy) is 1. The van der Waals surface area contributed by atoms with E-state index in [0.717, 1.165) is 24.9 Å². The summed E-state index contributed by atoms with van der Waals surface area (Å²) in [5, 5.41) is 13.7. The number of phenols is 1. The molecule has 34 heavy (non-hydrogen) atoms. The third kappa shape index (κ3) is 6.17. The first-order valence-corrected chi connectivity index (χ1v) is 12.2. The molecule has 2 aromatic rings. The first-order chi connectivity index (χ1) is 15.8. The van der Waals surface area contributed by atoms with Gasteiger partial charge in [0.15, 0.2) is 17.5 Å². The van der Waals surface area contributed by atoms with Crippen LogP contribution in [0.5, 0.6) is 5.75 Å². The first kappa shape index (κ1) is 26.6. The summed E-state index contributed by atoms with van der Waals surface area (Å²) >= 11 is 0.792. The number of benzene rings is 1. The summed E-state index contributed by atoms with van der Waals surface area (Å²) in [6, 6.07) is 3.41. The van der Waals surface area contributed by atoms with Crippen LogP contribution in [-0.4, -0.2) is 54.4 Å². The van der Waals surface area contributed by atoms with Crippen molar-refractivity contribution < 1.29 is 23.0 Å². The van der Waals surface area contributed by atoms with Crippen LogP contribution in [0.25, 0.3) is 0 Å². The number of hydrogen-bond acceptors (Lipinski definition) is 6. The van der Waals surface area contributed by atoms with E-state index in [-0.39, 0.29) is 11.6 Å². The lowest BCUT2D eigenvalue weighted by molar-refractivity contribution is 0.0398. The Morgan fingerprint density at radius 1 is 1.00 bits per heavy atom. The summed E-state index contributed by atoms with van der Waals surface area (Å²) in [6.07, 6.45) is 0. The number of aromatic hydroxyl groups is 1. The number of rotatable bonds is 6. The summed E-state index contributed by atoms with van der Waals surface area (Å²) in [5.74, 6) is -3.78. The molecule has 9 heteroatoms. The second-order valence-electron chi connectivity index (χ2n) is 10.6. The molecule has 2 heterocycles. The van der Waals surface area contributed by atoms with Gasteiger partial charge in [-0.3, -0.25) is 4.90 Å². The monoisotopic (exact) mass is 497 g/mol. The highest BCUT2D eigenvalue weighted by molar-refractivity contribution is 7.99. The van der Waals surface area contributed by atoms with Gasteiger partial charge in [-0.15, -0.1) is 0 Å². The smallest absolute Gasteiger partial charge is 0.252 e. The maximum absolute atomic E-state index is 15.3. The Labute approximate surface area is 204 Å². The zero-order valence-corrected chi connectivity index (χ0v) is 21.5. The molecule has 0 unspecified atom stereocenters. The first-order valence-electron chi connectivity index (χ1n) is 11.4. The van der Waals surface area contributed by atoms with Gasteiger partial charge in [0.2, 0.25) is 0 Å². The molecule has 3 rings (SSSR count). The Hall–Kier alpha value is -1.97. The largest absolute Gasteiger partial charge is 0.507 e. The number of nitrogens with zero attached hydrogens (tertiary/aromatic N) is 2. The molecule has 1 fully saturated rings. The van der Waals surface area contributed by atoms with Gasteiger partial charge in [-0.25, -0.2) is 8.78 Å². The molecule has 0 bridgehead atoms. The number of pyridine rings is 1. The lowest BCUT2D eigenvalue weighted by Gasteiger charge is -2.28. The Morgan fingerprint density at radius 2 is 1.56 bits per heavy atom. The molecule has 1 aliphatic rings. The molecule has 188 valence electrons. The molecule has 0 saturated carbocycles. The number of halogens is 3. The van der Waals surface area contributed by atoms with Crippen LogP contribution >= 0.6 is 11.8 Å². The fourth-order valence-electron chi connectivity index (χ4n) is 3.79. The van der Waals surface area contributed by atoms with Crippen molar-refractivity contribution in [1.82, 2.24) is 9.88 Å². The minimum atomic E-state index is -1.36. The molecule has 1 aromatic carbocycles. The summed E-state index contributed by atoms with van der Waals surface area (Å²) in [5.41, 5.74) is 0.490. The number of anilines is 1. The van der Waals surface area contributed by atoms with E-state index >= 15 is 4.39 Å². The number of morpholine rings is 1. The highest BCUT2D eigenvalue weighted by Gasteiger charge is 2.28. The predicted octanol–water partition coefficient (Wildman–Crippen LogP) is 5.69. The van der Waals surface area contributed by atoms with E-state index in [9.17, 15) is 13.9 Å². The van der Waals surface area contributed by atoms with Crippen molar-refractivity contribution in [3.05, 3.63) is 40.8 Å². The molecule has 2 N–H and O–H groups in total. The predicted molar refractivity (Wildman–Crippen MR) is 129 cm³/mol. The van der Waals surface area contributed by atoms with E-state index in [1.54, 1.807) is 12.1 Å². The van der Waals surface area contributed by atoms with Gasteiger partial charge in [0.1, 0.15) is 5.75 Å². The van der Waals surface area contributed by atoms with Crippen LogP contribution in [-0.2, 0) is 15.6 Å². The van der Waals surface area contributed by atoms with Crippen LogP contribution in [0, 0.1) is 17.6 Å². The lowest BCUT2D eigenvalue weighted by Crippen LogP contribution is -2.39. The fraction of sp³-hybridized carbons (Fsp3) is 0.560. The molecule has 5 nitrogen and oxygen atoms in total. The van der Waals surface area contributed by atoms with Gasteiger partial charge in [0.05, 0.1) is 18.1 Å². The summed E-state index contributed by atoms with van der Waals surface area (Å²) < 4.78 is 49.6. The second-order valence-corrected chi connectivity index (χ2v) is 11.6. The van der Waals surface area contributed by atoms with Crippen LogP contribution in [0.2, 0.25) is 0 Å². The Balaban J connectivity index is 1.92. The van der Waals surface area contributed by atoms with Crippen molar-refractivity contribution in [1.29, 1.82) is 0 Å². The van der Waals surface area contributed by atoms with E-state index in [0.29, 0.717) is 42.3 Å². The summed E-state index contributed by atoms with van der Waals surface area (Å²) in [6.45, 7) is 15.5. The van der Waals surface area contributed by atoms with Gasteiger partial charge in [-0.05, 0) is 23.0 Å². The van der Waals surface area contributed by atoms with Crippen molar-refractivity contribution >= 4 is 17.6 Å². The molecule has 0 amide bonds. The highest BCUT2D eigenvalue weighted by Crippen LogP contribution is 2.44. The van der Waals surface area contributed by atoms with Gasteiger partial charge < -0.3 is 15.2 Å². The average Bonchev–Trinajstić information content (AvgIpc) is 2.74. The van der Waals surface area contributed by atoms with Crippen molar-refractivity contribution in [2.75, 3.05) is 44.7 Å². The van der Waals surface area contributed by atoms with Crippen molar-refractivity contribution in [2.45, 2.75) is 62.2 Å². The quantitative estimate of drug-likeness (QED) is 0.500. The Morgan fingerprint density at radius 3 is 2.09 bits per heavy atom. The summed E-state index contributed by atoms with van der Waals surface area (Å²) in [7, 11) is 0. The maximum Gasteiger partial charge on any atom is 0.252 e. The molecule has 0 atom stereocenters. The van der Waals surface area contributed by atoms with Crippen molar-refractivity contribution in [3.63, 3.8) is 0 Å². The van der Waals surface area contributed by atoms with Gasteiger partial charge in [-0.2, -0.15) is 9.37 Å². The third-order valence-electron chi connectivity index (χ3n) is 5.74. The maximum atomic E-state index is 15.3. The number of hydrogen-bond donors (Lipinski definition) is 2. The minimum absolute atomic E-state index is 0.164. The van der Waals surface area contributed by atoms with E-state index in [4.69, 9.17) is 4.74 Å². The molecular formula is C25H34F3N3O2S. The van der Waals surface area contributed by atoms with E-state index in [2.05, 4.69) is 15.2 Å². The van der Waals surface area contributed by atoms with Crippen LogP contribution in [0.15, 0.2) is 21.9 Å². The van der Waals surface area contributed by atoms with Crippen LogP contribution in [0.3, 0.4) is 0 Å². The number of nitrogens with one attached hydrogen (secondary N) is 1. The molecule has 1 aromatic heterocycles. The van der Waals surface area contributed by atoms with Crippen LogP contribution in [0.4, 0.5) is 19.0 Å². The van der Waals surface area contributed by atoms with E-state index < -0.39 is 33.3 Å². The highest BCUT2D eigenvalue weighted by atomic mass is 32.2. The number of phenolic OH excluding ortho intramolecular Hbond substituents is 1. The van der Waals surface area contributed by atoms with Gasteiger partial charge in [-0.1, -0.05) is 53.3 Å². The SMILES string of the molecule is CC(C)(C)c1cc(Sc2c(F)c(F)nc(NCCN3CCOCC3)c2F)cc(C(C)(C)C)c1O. The van der Waals surface area contributed by atoms with Gasteiger partial charge >= 0.3 is 0 Å². The minimum Gasteiger partial charge on any atom is -0.507 e. The van der Waals surface area contributed by atoms with E-state index in [1.807, 2.05) is 41.5 Å². The number of aromatic nitrogens is 1. The van der Waals surface area contributed by atoms with Crippen molar-refractivity contribution in [2.24, 2.45) is 0 Å². The summed E-state index contributed by atoms with van der Waals surface area (Å²) in [4.78, 5) is 5.65. The second kappa shape index (κ2) is 10.3. The standard InChI is InChI=1S/C25H34F3N3O2S/c1-24(2,3)16-13-15(14-17(20(16)32)25(4,5)6)34-21-18(26)22(28)30-23(19(21)27)29-7-8-31-9-11-33-12-10-31/h13-14,32H,7-12H2,1-6H3,(H,29,30). The Kier molecular flexibility index (Phi) is 8.10. The lowest BCUT2D eigenvalue weighted by atomic mass is 9.79. The normalized spacial score (nSPS) is 15.6. The zero-order chi connectivity index (χ0) is 25.3. The van der Waals surface area contributed by atoms with E-state index in [1.165, 1.54) is 0 Å². The fourth-order valence-corrected chi connectivity index (χ4v) is 4.74. The van der Waals surface area contributed by atoms with Crippen LogP contribution in [0.1, 0.15) is 52.7 Å². The molecule has 0 radical (unpaired) electrons. The molecule has 1 aliphatic heterocycles. The Bertz CT molecular complexity index is 995. The molecule has 0 spiro atoms. The van der Waals surface area contributed by atoms with Gasteiger partial charge in [0, 0.05) is 42.2 Å². The average molecular weight is 498 g/mol. The topological polar surface area (TPSA) is 57.6 Å².